The van der Waals surface area contributed by atoms with Crippen LogP contribution in [0.3, 0.4) is 0 Å². The van der Waals surface area contributed by atoms with Crippen molar-refractivity contribution in [1.29, 1.82) is 0 Å². The molecule has 1 saturated heterocycles. The molecule has 1 aliphatic rings. The van der Waals surface area contributed by atoms with Crippen molar-refractivity contribution in [2.45, 2.75) is 32.2 Å². The highest BCUT2D eigenvalue weighted by Gasteiger charge is 2.26. The highest BCUT2D eigenvalue weighted by Crippen LogP contribution is 2.20. The van der Waals surface area contributed by atoms with E-state index < -0.39 is 6.04 Å². The maximum Gasteiger partial charge on any atom is 0.239 e. The molecule has 2 heterocycles. The zero-order chi connectivity index (χ0) is 13.1. The van der Waals surface area contributed by atoms with Gasteiger partial charge in [-0.05, 0) is 25.7 Å². The van der Waals surface area contributed by atoms with Crippen LogP contribution >= 0.6 is 0 Å². The first kappa shape index (κ1) is 13.1. The number of hydrogen-bond donors (Lipinski definition) is 1. The van der Waals surface area contributed by atoms with Crippen molar-refractivity contribution in [3.63, 3.8) is 0 Å². The first-order valence-electron chi connectivity index (χ1n) is 6.58. The van der Waals surface area contributed by atoms with Crippen molar-refractivity contribution < 1.29 is 4.79 Å². The van der Waals surface area contributed by atoms with Gasteiger partial charge in [-0.25, -0.2) is 4.98 Å². The molecule has 1 fully saturated rings. The first-order chi connectivity index (χ1) is 8.58. The Labute approximate surface area is 108 Å². The lowest BCUT2D eigenvalue weighted by molar-refractivity contribution is -0.134. The summed E-state index contributed by atoms with van der Waals surface area (Å²) < 4.78 is 2.05. The van der Waals surface area contributed by atoms with Gasteiger partial charge in [-0.15, -0.1) is 0 Å². The molecule has 2 rings (SSSR count). The van der Waals surface area contributed by atoms with E-state index in [1.165, 1.54) is 0 Å². The van der Waals surface area contributed by atoms with Crippen LogP contribution < -0.4 is 5.73 Å². The fourth-order valence-electron chi connectivity index (χ4n) is 2.57. The predicted octanol–water partition coefficient (Wildman–Crippen LogP) is 0.548. The van der Waals surface area contributed by atoms with Crippen LogP contribution in [0, 0.1) is 5.92 Å². The zero-order valence-corrected chi connectivity index (χ0v) is 11.2. The van der Waals surface area contributed by atoms with Gasteiger partial charge in [0.25, 0.3) is 0 Å². The highest BCUT2D eigenvalue weighted by molar-refractivity contribution is 5.81. The molecule has 5 nitrogen and oxygen atoms in total. The van der Waals surface area contributed by atoms with E-state index in [0.717, 1.165) is 38.2 Å². The molecule has 2 N–H and O–H groups in total. The molecule has 0 saturated carbocycles. The van der Waals surface area contributed by atoms with Gasteiger partial charge in [0.2, 0.25) is 5.91 Å². The van der Waals surface area contributed by atoms with E-state index in [4.69, 9.17) is 5.73 Å². The molecular formula is C13H22N4O. The fraction of sp³-hybridized carbons (Fsp3) is 0.692. The Hall–Kier alpha value is -1.36. The summed E-state index contributed by atoms with van der Waals surface area (Å²) in [6.07, 6.45) is 6.95. The molecule has 0 aliphatic carbocycles. The van der Waals surface area contributed by atoms with Crippen LogP contribution in [0.4, 0.5) is 0 Å². The number of imidazole rings is 1. The van der Waals surface area contributed by atoms with E-state index >= 15 is 0 Å². The van der Waals surface area contributed by atoms with Crippen molar-refractivity contribution in [2.75, 3.05) is 13.1 Å². The lowest BCUT2D eigenvalue weighted by Crippen LogP contribution is -2.47. The number of nitrogens with zero attached hydrogens (tertiary/aromatic N) is 3. The minimum absolute atomic E-state index is 0.0690. The molecule has 1 aromatic rings. The van der Waals surface area contributed by atoms with E-state index in [1.807, 2.05) is 28.9 Å². The Balaban J connectivity index is 1.95. The summed E-state index contributed by atoms with van der Waals surface area (Å²) in [5, 5.41) is 0. The largest absolute Gasteiger partial charge is 0.341 e. The summed E-state index contributed by atoms with van der Waals surface area (Å²) >= 11 is 0. The van der Waals surface area contributed by atoms with Crippen molar-refractivity contribution in [2.24, 2.45) is 18.7 Å². The van der Waals surface area contributed by atoms with Crippen molar-refractivity contribution in [1.82, 2.24) is 14.5 Å². The predicted molar refractivity (Wildman–Crippen MR) is 69.9 cm³/mol. The molecule has 2 atom stereocenters. The number of piperidine rings is 1. The van der Waals surface area contributed by atoms with Gasteiger partial charge >= 0.3 is 0 Å². The summed E-state index contributed by atoms with van der Waals surface area (Å²) in [5.74, 6) is 1.66. The maximum absolute atomic E-state index is 11.9. The van der Waals surface area contributed by atoms with Crippen LogP contribution in [0.1, 0.15) is 25.6 Å². The Bertz CT molecular complexity index is 413. The average Bonchev–Trinajstić information content (AvgIpc) is 2.74. The summed E-state index contributed by atoms with van der Waals surface area (Å²) in [7, 11) is 2.01. The van der Waals surface area contributed by atoms with Gasteiger partial charge in [-0.2, -0.15) is 0 Å². The van der Waals surface area contributed by atoms with Crippen LogP contribution in [0.2, 0.25) is 0 Å². The molecule has 0 aromatic carbocycles. The summed E-state index contributed by atoms with van der Waals surface area (Å²) in [6.45, 7) is 3.41. The molecule has 18 heavy (non-hydrogen) atoms. The van der Waals surface area contributed by atoms with E-state index in [2.05, 4.69) is 4.98 Å². The van der Waals surface area contributed by atoms with Gasteiger partial charge in [-0.1, -0.05) is 0 Å². The van der Waals surface area contributed by atoms with Gasteiger partial charge in [-0.3, -0.25) is 4.79 Å². The van der Waals surface area contributed by atoms with E-state index in [0.29, 0.717) is 5.92 Å². The van der Waals surface area contributed by atoms with E-state index in [9.17, 15) is 4.79 Å². The van der Waals surface area contributed by atoms with Crippen LogP contribution in [-0.4, -0.2) is 39.5 Å². The van der Waals surface area contributed by atoms with Crippen LogP contribution in [0.5, 0.6) is 0 Å². The second-order valence-electron chi connectivity index (χ2n) is 5.24. The Morgan fingerprint density at radius 2 is 2.44 bits per heavy atom. The fourth-order valence-corrected chi connectivity index (χ4v) is 2.57. The summed E-state index contributed by atoms with van der Waals surface area (Å²) in [5.41, 5.74) is 5.66. The smallest absolute Gasteiger partial charge is 0.239 e. The maximum atomic E-state index is 11.9. The van der Waals surface area contributed by atoms with Gasteiger partial charge in [0.05, 0.1) is 6.04 Å². The number of aryl methyl sites for hydroxylation is 1. The molecular weight excluding hydrogens is 228 g/mol. The zero-order valence-electron chi connectivity index (χ0n) is 11.2. The third-order valence-corrected chi connectivity index (χ3v) is 3.61. The molecule has 0 spiro atoms. The number of likely N-dealkylation sites (tertiary alicyclic amines) is 1. The van der Waals surface area contributed by atoms with Gasteiger partial charge in [0.1, 0.15) is 5.82 Å². The monoisotopic (exact) mass is 250 g/mol. The average molecular weight is 250 g/mol. The standard InChI is InChI=1S/C13H22N4O/c1-10(14)13(18)17-6-3-4-11(9-17)8-12-15-5-7-16(12)2/h5,7,10-11H,3-4,6,8-9,14H2,1-2H3/t10-,11-/m1/s1. The van der Waals surface area contributed by atoms with E-state index in [1.54, 1.807) is 6.92 Å². The molecule has 0 unspecified atom stereocenters. The first-order valence-corrected chi connectivity index (χ1v) is 6.58. The van der Waals surface area contributed by atoms with Gasteiger partial charge < -0.3 is 15.2 Å². The topological polar surface area (TPSA) is 64.2 Å². The molecule has 1 aliphatic heterocycles. The minimum atomic E-state index is -0.392. The number of rotatable bonds is 3. The second kappa shape index (κ2) is 5.52. The highest BCUT2D eigenvalue weighted by atomic mass is 16.2. The summed E-state index contributed by atoms with van der Waals surface area (Å²) in [4.78, 5) is 18.1. The molecule has 1 amide bonds. The Morgan fingerprint density at radius 1 is 1.67 bits per heavy atom. The molecule has 5 heteroatoms. The normalized spacial score (nSPS) is 21.9. The lowest BCUT2D eigenvalue weighted by atomic mass is 9.94. The molecule has 1 aromatic heterocycles. The Kier molecular flexibility index (Phi) is 4.01. The number of carbonyl (C=O) groups excluding carboxylic acids is 1. The number of amides is 1. The van der Waals surface area contributed by atoms with Crippen LogP contribution in [0.25, 0.3) is 0 Å². The van der Waals surface area contributed by atoms with Crippen LogP contribution in [0.15, 0.2) is 12.4 Å². The number of nitrogens with two attached hydrogens (primary N) is 1. The number of carbonyl (C=O) groups is 1. The van der Waals surface area contributed by atoms with Crippen molar-refractivity contribution in [3.8, 4) is 0 Å². The Morgan fingerprint density at radius 3 is 3.06 bits per heavy atom. The second-order valence-corrected chi connectivity index (χ2v) is 5.24. The summed E-state index contributed by atoms with van der Waals surface area (Å²) in [6, 6.07) is -0.392. The molecule has 100 valence electrons. The SMILES string of the molecule is C[C@@H](N)C(=O)N1CCC[C@H](Cc2nccn2C)C1. The van der Waals surface area contributed by atoms with Gasteiger partial charge in [0, 0.05) is 39.0 Å². The van der Waals surface area contributed by atoms with Crippen molar-refractivity contribution >= 4 is 5.91 Å². The van der Waals surface area contributed by atoms with Gasteiger partial charge in [0.15, 0.2) is 0 Å². The quantitative estimate of drug-likeness (QED) is 0.852. The third kappa shape index (κ3) is 2.90. The van der Waals surface area contributed by atoms with Crippen molar-refractivity contribution in [3.05, 3.63) is 18.2 Å². The minimum Gasteiger partial charge on any atom is -0.341 e. The molecule has 0 radical (unpaired) electrons. The molecule has 0 bridgehead atoms. The van der Waals surface area contributed by atoms with E-state index in [-0.39, 0.29) is 5.91 Å². The van der Waals surface area contributed by atoms with Crippen LogP contribution in [-0.2, 0) is 18.3 Å². The number of hydrogen-bond acceptors (Lipinski definition) is 3. The lowest BCUT2D eigenvalue weighted by Gasteiger charge is -2.33. The number of aromatic nitrogens is 2. The third-order valence-electron chi connectivity index (χ3n) is 3.61.